The number of aryl methyl sites for hydroxylation is 1. The first-order valence-electron chi connectivity index (χ1n) is 8.71. The third-order valence-electron chi connectivity index (χ3n) is 5.56. The predicted molar refractivity (Wildman–Crippen MR) is 89.6 cm³/mol. The number of nitrogens with two attached hydrogens (primary N) is 1. The molecule has 2 heterocycles. The third kappa shape index (κ3) is 2.71. The van der Waals surface area contributed by atoms with Crippen LogP contribution in [0, 0.1) is 18.8 Å². The Balaban J connectivity index is 1.88. The fourth-order valence-corrected chi connectivity index (χ4v) is 4.47. The lowest BCUT2D eigenvalue weighted by atomic mass is 9.98. The van der Waals surface area contributed by atoms with E-state index < -0.39 is 0 Å². The first-order valence-corrected chi connectivity index (χ1v) is 8.71. The van der Waals surface area contributed by atoms with Crippen LogP contribution in [-0.4, -0.2) is 40.7 Å². The lowest BCUT2D eigenvalue weighted by Gasteiger charge is -2.19. The van der Waals surface area contributed by atoms with Gasteiger partial charge >= 0.3 is 0 Å². The lowest BCUT2D eigenvalue weighted by Crippen LogP contribution is -2.34. The van der Waals surface area contributed by atoms with Crippen molar-refractivity contribution in [2.45, 2.75) is 52.5 Å². The Hall–Kier alpha value is -1.62. The monoisotopic (exact) mass is 317 g/mol. The second-order valence-electron chi connectivity index (χ2n) is 7.16. The highest BCUT2D eigenvalue weighted by Gasteiger charge is 2.43. The molecule has 3 rings (SSSR count). The zero-order chi connectivity index (χ0) is 16.7. The number of likely N-dealkylation sites (tertiary alicyclic amines) is 1. The number of carbonyl (C=O) groups excluding carboxylic acids is 2. The molecule has 3 N–H and O–H groups in total. The number of hydrogen-bond donors (Lipinski definition) is 2. The summed E-state index contributed by atoms with van der Waals surface area (Å²) in [5.74, 6) is 1.05. The Morgan fingerprint density at radius 2 is 2.04 bits per heavy atom. The lowest BCUT2D eigenvalue weighted by molar-refractivity contribution is 0.0773. The van der Waals surface area contributed by atoms with Crippen molar-refractivity contribution in [3.05, 3.63) is 22.5 Å². The van der Waals surface area contributed by atoms with Crippen LogP contribution in [0.2, 0.25) is 0 Å². The minimum Gasteiger partial charge on any atom is -0.354 e. The van der Waals surface area contributed by atoms with Crippen LogP contribution in [0.3, 0.4) is 0 Å². The van der Waals surface area contributed by atoms with Crippen LogP contribution in [0.4, 0.5) is 0 Å². The first kappa shape index (κ1) is 16.2. The van der Waals surface area contributed by atoms with Crippen molar-refractivity contribution in [1.29, 1.82) is 0 Å². The van der Waals surface area contributed by atoms with E-state index in [2.05, 4.69) is 11.9 Å². The molecule has 1 saturated heterocycles. The number of aromatic nitrogens is 1. The molecule has 1 aromatic rings. The SMILES string of the molecule is CCCc1c(C(=O)N2CC3CCC(N)C3C2)[nH]c(C)c1C(C)=O. The molecule has 5 nitrogen and oxygen atoms in total. The summed E-state index contributed by atoms with van der Waals surface area (Å²) in [6.45, 7) is 7.07. The number of rotatable bonds is 4. The van der Waals surface area contributed by atoms with E-state index in [1.807, 2.05) is 11.8 Å². The van der Waals surface area contributed by atoms with E-state index in [0.29, 0.717) is 23.1 Å². The Morgan fingerprint density at radius 1 is 1.30 bits per heavy atom. The quantitative estimate of drug-likeness (QED) is 0.836. The summed E-state index contributed by atoms with van der Waals surface area (Å²) in [5.41, 5.74) is 9.19. The molecule has 2 fully saturated rings. The maximum atomic E-state index is 13.0. The van der Waals surface area contributed by atoms with Crippen LogP contribution >= 0.6 is 0 Å². The largest absolute Gasteiger partial charge is 0.354 e. The van der Waals surface area contributed by atoms with Gasteiger partial charge in [0.25, 0.3) is 5.91 Å². The van der Waals surface area contributed by atoms with Gasteiger partial charge in [0.2, 0.25) is 0 Å². The maximum absolute atomic E-state index is 13.0. The van der Waals surface area contributed by atoms with Gasteiger partial charge in [0.05, 0.1) is 0 Å². The van der Waals surface area contributed by atoms with Crippen LogP contribution < -0.4 is 5.73 Å². The molecule has 23 heavy (non-hydrogen) atoms. The van der Waals surface area contributed by atoms with Crippen molar-refractivity contribution >= 4 is 11.7 Å². The van der Waals surface area contributed by atoms with Gasteiger partial charge in [0, 0.05) is 30.4 Å². The fourth-order valence-electron chi connectivity index (χ4n) is 4.47. The summed E-state index contributed by atoms with van der Waals surface area (Å²) in [5, 5.41) is 0. The van der Waals surface area contributed by atoms with Gasteiger partial charge < -0.3 is 15.6 Å². The topological polar surface area (TPSA) is 79.2 Å². The van der Waals surface area contributed by atoms with Crippen molar-refractivity contribution in [2.24, 2.45) is 17.6 Å². The number of H-pyrrole nitrogens is 1. The van der Waals surface area contributed by atoms with E-state index in [9.17, 15) is 9.59 Å². The van der Waals surface area contributed by atoms with Crippen molar-refractivity contribution in [3.8, 4) is 0 Å². The fraction of sp³-hybridized carbons (Fsp3) is 0.667. The summed E-state index contributed by atoms with van der Waals surface area (Å²) < 4.78 is 0. The molecular weight excluding hydrogens is 290 g/mol. The molecule has 1 aliphatic heterocycles. The Labute approximate surface area is 137 Å². The number of nitrogens with zero attached hydrogens (tertiary/aromatic N) is 1. The molecule has 5 heteroatoms. The van der Waals surface area contributed by atoms with E-state index in [1.54, 1.807) is 6.92 Å². The third-order valence-corrected chi connectivity index (χ3v) is 5.56. The van der Waals surface area contributed by atoms with Crippen LogP contribution in [0.25, 0.3) is 0 Å². The van der Waals surface area contributed by atoms with Gasteiger partial charge in [0.15, 0.2) is 5.78 Å². The van der Waals surface area contributed by atoms with Gasteiger partial charge in [-0.15, -0.1) is 0 Å². The minimum atomic E-state index is 0.0292. The number of nitrogens with one attached hydrogen (secondary N) is 1. The molecule has 1 amide bonds. The summed E-state index contributed by atoms with van der Waals surface area (Å²) in [7, 11) is 0. The summed E-state index contributed by atoms with van der Waals surface area (Å²) in [6, 6.07) is 0.228. The zero-order valence-electron chi connectivity index (χ0n) is 14.3. The predicted octanol–water partition coefficient (Wildman–Crippen LogP) is 2.29. The first-order chi connectivity index (χ1) is 10.9. The molecule has 2 aliphatic rings. The molecule has 1 aliphatic carbocycles. The average Bonchev–Trinajstić information content (AvgIpc) is 3.14. The smallest absolute Gasteiger partial charge is 0.270 e. The summed E-state index contributed by atoms with van der Waals surface area (Å²) in [6.07, 6.45) is 3.86. The minimum absolute atomic E-state index is 0.0292. The molecule has 1 saturated carbocycles. The van der Waals surface area contributed by atoms with E-state index in [4.69, 9.17) is 5.73 Å². The molecular formula is C18H27N3O2. The highest BCUT2D eigenvalue weighted by Crippen LogP contribution is 2.38. The van der Waals surface area contributed by atoms with Crippen molar-refractivity contribution in [1.82, 2.24) is 9.88 Å². The van der Waals surface area contributed by atoms with Crippen LogP contribution in [0.15, 0.2) is 0 Å². The van der Waals surface area contributed by atoms with Crippen molar-refractivity contribution in [3.63, 3.8) is 0 Å². The average molecular weight is 317 g/mol. The van der Waals surface area contributed by atoms with Crippen molar-refractivity contribution in [2.75, 3.05) is 13.1 Å². The summed E-state index contributed by atoms with van der Waals surface area (Å²) >= 11 is 0. The van der Waals surface area contributed by atoms with Gasteiger partial charge in [0.1, 0.15) is 5.69 Å². The Bertz CT molecular complexity index is 634. The van der Waals surface area contributed by atoms with E-state index in [0.717, 1.165) is 50.0 Å². The van der Waals surface area contributed by atoms with Gasteiger partial charge in [-0.25, -0.2) is 0 Å². The second kappa shape index (κ2) is 6.11. The molecule has 0 spiro atoms. The number of amides is 1. The van der Waals surface area contributed by atoms with Gasteiger partial charge in [-0.2, -0.15) is 0 Å². The molecule has 3 atom stereocenters. The maximum Gasteiger partial charge on any atom is 0.270 e. The van der Waals surface area contributed by atoms with Gasteiger partial charge in [-0.3, -0.25) is 9.59 Å². The summed E-state index contributed by atoms with van der Waals surface area (Å²) in [4.78, 5) is 30.1. The normalized spacial score (nSPS) is 26.6. The van der Waals surface area contributed by atoms with E-state index >= 15 is 0 Å². The Morgan fingerprint density at radius 3 is 2.65 bits per heavy atom. The number of carbonyl (C=O) groups is 2. The van der Waals surface area contributed by atoms with Crippen molar-refractivity contribution < 1.29 is 9.59 Å². The number of Topliss-reactive ketones (excluding diaryl/α,β-unsaturated/α-hetero) is 1. The molecule has 126 valence electrons. The number of fused-ring (bicyclic) bond motifs is 1. The van der Waals surface area contributed by atoms with Gasteiger partial charge in [-0.1, -0.05) is 13.3 Å². The van der Waals surface area contributed by atoms with E-state index in [-0.39, 0.29) is 17.7 Å². The van der Waals surface area contributed by atoms with Crippen LogP contribution in [0.5, 0.6) is 0 Å². The second-order valence-corrected chi connectivity index (χ2v) is 7.16. The molecule has 1 aromatic heterocycles. The van der Waals surface area contributed by atoms with Crippen LogP contribution in [-0.2, 0) is 6.42 Å². The van der Waals surface area contributed by atoms with Crippen LogP contribution in [0.1, 0.15) is 65.2 Å². The molecule has 0 radical (unpaired) electrons. The molecule has 0 aromatic carbocycles. The number of aromatic amines is 1. The zero-order valence-corrected chi connectivity index (χ0v) is 14.3. The van der Waals surface area contributed by atoms with Gasteiger partial charge in [-0.05, 0) is 50.5 Å². The highest BCUT2D eigenvalue weighted by atomic mass is 16.2. The number of ketones is 1. The molecule has 0 bridgehead atoms. The van der Waals surface area contributed by atoms with E-state index in [1.165, 1.54) is 0 Å². The highest BCUT2D eigenvalue weighted by molar-refractivity contribution is 6.02. The molecule has 3 unspecified atom stereocenters. The number of hydrogen-bond acceptors (Lipinski definition) is 3. The Kier molecular flexibility index (Phi) is 4.32. The standard InChI is InChI=1S/C18H27N3O2/c1-4-5-13-16(11(3)22)10(2)20-17(13)18(23)21-8-12-6-7-15(19)14(12)9-21/h12,14-15,20H,4-9,19H2,1-3H3.